The molecule has 0 saturated heterocycles. The Labute approximate surface area is 140 Å². The summed E-state index contributed by atoms with van der Waals surface area (Å²) in [5.74, 6) is 0.974. The van der Waals surface area contributed by atoms with Crippen molar-refractivity contribution in [1.29, 1.82) is 0 Å². The molecule has 1 saturated carbocycles. The second-order valence-corrected chi connectivity index (χ2v) is 7.98. The van der Waals surface area contributed by atoms with Crippen molar-refractivity contribution >= 4 is 46.0 Å². The normalized spacial score (nSPS) is 24.4. The molecular weight excluding hydrogens is 323 g/mol. The van der Waals surface area contributed by atoms with E-state index in [2.05, 4.69) is 16.9 Å². The van der Waals surface area contributed by atoms with Crippen LogP contribution in [0.5, 0.6) is 0 Å². The fourth-order valence-electron chi connectivity index (χ4n) is 3.29. The molecule has 0 amide bonds. The van der Waals surface area contributed by atoms with Crippen molar-refractivity contribution in [2.75, 3.05) is 6.26 Å². The second kappa shape index (κ2) is 6.39. The van der Waals surface area contributed by atoms with Crippen LogP contribution >= 0.6 is 35.0 Å². The number of imidazole rings is 1. The summed E-state index contributed by atoms with van der Waals surface area (Å²) in [6, 6.07) is 6.46. The molecule has 1 fully saturated rings. The molecule has 1 heterocycles. The maximum atomic E-state index is 6.37. The van der Waals surface area contributed by atoms with Crippen molar-refractivity contribution in [2.45, 2.75) is 49.3 Å². The van der Waals surface area contributed by atoms with Crippen molar-refractivity contribution in [1.82, 2.24) is 9.55 Å². The molecule has 1 aliphatic carbocycles. The van der Waals surface area contributed by atoms with Gasteiger partial charge in [-0.2, -0.15) is 11.8 Å². The molecule has 3 rings (SSSR count). The van der Waals surface area contributed by atoms with Gasteiger partial charge in [0, 0.05) is 16.3 Å². The molecule has 114 valence electrons. The molecule has 1 unspecified atom stereocenters. The molecule has 1 aromatic carbocycles. The minimum atomic E-state index is -0.0885. The van der Waals surface area contributed by atoms with Crippen molar-refractivity contribution in [3.63, 3.8) is 0 Å². The average Bonchev–Trinajstić information content (AvgIpc) is 2.86. The third-order valence-corrected chi connectivity index (χ3v) is 5.95. The molecule has 0 aliphatic heterocycles. The highest BCUT2D eigenvalue weighted by molar-refractivity contribution is 7.99. The number of hydrogen-bond donors (Lipinski definition) is 0. The highest BCUT2D eigenvalue weighted by Crippen LogP contribution is 2.38. The maximum absolute atomic E-state index is 6.37. The number of rotatable bonds is 3. The van der Waals surface area contributed by atoms with E-state index in [0.29, 0.717) is 6.04 Å². The quantitative estimate of drug-likeness (QED) is 0.652. The first kappa shape index (κ1) is 15.5. The lowest BCUT2D eigenvalue weighted by Crippen LogP contribution is -2.21. The van der Waals surface area contributed by atoms with Gasteiger partial charge in [0.15, 0.2) is 0 Å². The monoisotopic (exact) mass is 342 g/mol. The predicted octanol–water partition coefficient (Wildman–Crippen LogP) is 5.84. The molecule has 2 aromatic rings. The van der Waals surface area contributed by atoms with Crippen LogP contribution in [0.15, 0.2) is 18.2 Å². The lowest BCUT2D eigenvalue weighted by atomic mass is 9.94. The molecule has 0 bridgehead atoms. The van der Waals surface area contributed by atoms with E-state index < -0.39 is 0 Å². The summed E-state index contributed by atoms with van der Waals surface area (Å²) in [7, 11) is 0. The van der Waals surface area contributed by atoms with Crippen LogP contribution in [0, 0.1) is 0 Å². The number of hydrogen-bond acceptors (Lipinski definition) is 2. The van der Waals surface area contributed by atoms with Crippen LogP contribution < -0.4 is 0 Å². The Balaban J connectivity index is 2.02. The van der Waals surface area contributed by atoms with E-state index in [1.165, 1.54) is 25.7 Å². The van der Waals surface area contributed by atoms with Crippen molar-refractivity contribution < 1.29 is 0 Å². The average molecular weight is 343 g/mol. The van der Waals surface area contributed by atoms with Crippen LogP contribution in [-0.2, 0) is 0 Å². The van der Waals surface area contributed by atoms with E-state index in [9.17, 15) is 0 Å². The molecule has 0 radical (unpaired) electrons. The van der Waals surface area contributed by atoms with Crippen molar-refractivity contribution in [3.05, 3.63) is 29.0 Å². The van der Waals surface area contributed by atoms with Gasteiger partial charge in [-0.1, -0.05) is 11.6 Å². The molecule has 5 heteroatoms. The Morgan fingerprint density at radius 3 is 2.62 bits per heavy atom. The predicted molar refractivity (Wildman–Crippen MR) is 93.8 cm³/mol. The summed E-state index contributed by atoms with van der Waals surface area (Å²) in [6.07, 6.45) is 7.17. The molecular formula is C16H20Cl2N2S. The van der Waals surface area contributed by atoms with Crippen molar-refractivity contribution in [3.8, 4) is 0 Å². The molecule has 2 nitrogen and oxygen atoms in total. The summed E-state index contributed by atoms with van der Waals surface area (Å²) in [6.45, 7) is 1.99. The molecule has 1 atom stereocenters. The summed E-state index contributed by atoms with van der Waals surface area (Å²) in [5, 5.41) is 1.45. The van der Waals surface area contributed by atoms with E-state index in [0.717, 1.165) is 27.1 Å². The van der Waals surface area contributed by atoms with Gasteiger partial charge in [-0.25, -0.2) is 4.98 Å². The van der Waals surface area contributed by atoms with Crippen LogP contribution in [0.25, 0.3) is 11.0 Å². The minimum Gasteiger partial charge on any atom is -0.324 e. The van der Waals surface area contributed by atoms with Gasteiger partial charge < -0.3 is 4.57 Å². The Hall–Kier alpha value is -0.380. The third-order valence-electron chi connectivity index (χ3n) is 4.38. The van der Waals surface area contributed by atoms with Crippen LogP contribution in [0.4, 0.5) is 0 Å². The van der Waals surface area contributed by atoms with Gasteiger partial charge in [0.25, 0.3) is 0 Å². The topological polar surface area (TPSA) is 17.8 Å². The number of fused-ring (bicyclic) bond motifs is 1. The van der Waals surface area contributed by atoms with Gasteiger partial charge in [0.05, 0.1) is 16.4 Å². The summed E-state index contributed by atoms with van der Waals surface area (Å²) < 4.78 is 2.36. The number of nitrogens with zero attached hydrogens (tertiary/aromatic N) is 2. The van der Waals surface area contributed by atoms with E-state index in [1.54, 1.807) is 0 Å². The number of thioether (sulfide) groups is 1. The number of benzene rings is 1. The van der Waals surface area contributed by atoms with Gasteiger partial charge in [0.1, 0.15) is 5.82 Å². The number of alkyl halides is 1. The smallest absolute Gasteiger partial charge is 0.127 e. The zero-order valence-electron chi connectivity index (χ0n) is 12.4. The Morgan fingerprint density at radius 2 is 2.00 bits per heavy atom. The Bertz CT molecular complexity index is 630. The van der Waals surface area contributed by atoms with Crippen LogP contribution in [0.1, 0.15) is 49.9 Å². The zero-order valence-corrected chi connectivity index (χ0v) is 14.7. The molecule has 0 spiro atoms. The van der Waals surface area contributed by atoms with Gasteiger partial charge in [-0.05, 0) is 57.1 Å². The van der Waals surface area contributed by atoms with Gasteiger partial charge in [-0.3, -0.25) is 0 Å². The maximum Gasteiger partial charge on any atom is 0.127 e. The van der Waals surface area contributed by atoms with E-state index >= 15 is 0 Å². The molecule has 21 heavy (non-hydrogen) atoms. The Morgan fingerprint density at radius 1 is 1.29 bits per heavy atom. The molecule has 1 aliphatic rings. The summed E-state index contributed by atoms with van der Waals surface area (Å²) in [4.78, 5) is 4.73. The van der Waals surface area contributed by atoms with Crippen LogP contribution in [-0.4, -0.2) is 21.1 Å². The second-order valence-electron chi connectivity index (χ2n) is 5.76. The third kappa shape index (κ3) is 3.06. The fourth-order valence-corrected chi connectivity index (χ4v) is 4.36. The summed E-state index contributed by atoms with van der Waals surface area (Å²) >= 11 is 14.5. The SMILES string of the molecule is CSC1CCC(n2c(C(C)Cl)nc3cc(Cl)ccc32)CC1. The van der Waals surface area contributed by atoms with Crippen molar-refractivity contribution in [2.24, 2.45) is 0 Å². The van der Waals surface area contributed by atoms with Crippen LogP contribution in [0.2, 0.25) is 5.02 Å². The zero-order chi connectivity index (χ0) is 15.0. The minimum absolute atomic E-state index is 0.0885. The first-order chi connectivity index (χ1) is 10.1. The lowest BCUT2D eigenvalue weighted by molar-refractivity contribution is 0.359. The van der Waals surface area contributed by atoms with Crippen LogP contribution in [0.3, 0.4) is 0 Å². The molecule has 1 aromatic heterocycles. The first-order valence-corrected chi connectivity index (χ1v) is 9.54. The number of aromatic nitrogens is 2. The lowest BCUT2D eigenvalue weighted by Gasteiger charge is -2.30. The fraction of sp³-hybridized carbons (Fsp3) is 0.562. The largest absolute Gasteiger partial charge is 0.324 e. The number of halogens is 2. The van der Waals surface area contributed by atoms with E-state index in [1.807, 2.05) is 30.8 Å². The summed E-state index contributed by atoms with van der Waals surface area (Å²) in [5.41, 5.74) is 2.12. The molecule has 0 N–H and O–H groups in total. The highest BCUT2D eigenvalue weighted by atomic mass is 35.5. The van der Waals surface area contributed by atoms with E-state index in [4.69, 9.17) is 28.2 Å². The highest BCUT2D eigenvalue weighted by Gasteiger charge is 2.26. The van der Waals surface area contributed by atoms with Gasteiger partial charge in [0.2, 0.25) is 0 Å². The van der Waals surface area contributed by atoms with Gasteiger partial charge >= 0.3 is 0 Å². The Kier molecular flexibility index (Phi) is 4.72. The van der Waals surface area contributed by atoms with Gasteiger partial charge in [-0.15, -0.1) is 11.6 Å². The van der Waals surface area contributed by atoms with E-state index in [-0.39, 0.29) is 5.38 Å². The standard InChI is InChI=1S/C16H20Cl2N2S/c1-10(17)16-19-14-9-11(18)3-8-15(14)20(16)12-4-6-13(21-2)7-5-12/h3,8-10,12-13H,4-7H2,1-2H3. The first-order valence-electron chi connectivity index (χ1n) is 7.44.